The standard InChI is InChI=1S/C16H26N2O/c1-14(2)13-19-16(18-10-8-17-9-11-18)12-15-6-4-3-5-7-15/h3-7,14,16-17H,8-13H2,1-2H3. The molecular weight excluding hydrogens is 236 g/mol. The van der Waals surface area contributed by atoms with Crippen molar-refractivity contribution in [2.24, 2.45) is 5.92 Å². The van der Waals surface area contributed by atoms with Crippen LogP contribution in [0.1, 0.15) is 19.4 Å². The zero-order valence-electron chi connectivity index (χ0n) is 12.1. The van der Waals surface area contributed by atoms with Gasteiger partial charge in [-0.2, -0.15) is 0 Å². The fourth-order valence-electron chi connectivity index (χ4n) is 2.38. The summed E-state index contributed by atoms with van der Waals surface area (Å²) in [5.41, 5.74) is 1.36. The number of piperazine rings is 1. The van der Waals surface area contributed by atoms with Gasteiger partial charge in [-0.05, 0) is 11.5 Å². The van der Waals surface area contributed by atoms with Crippen molar-refractivity contribution in [1.29, 1.82) is 0 Å². The number of nitrogens with zero attached hydrogens (tertiary/aromatic N) is 1. The molecule has 1 saturated heterocycles. The molecule has 1 aliphatic rings. The molecule has 1 aromatic rings. The van der Waals surface area contributed by atoms with Crippen LogP contribution in [0.2, 0.25) is 0 Å². The predicted octanol–water partition coefficient (Wildman–Crippen LogP) is 2.13. The number of benzene rings is 1. The maximum absolute atomic E-state index is 6.15. The lowest BCUT2D eigenvalue weighted by Gasteiger charge is -2.35. The molecule has 0 aliphatic carbocycles. The van der Waals surface area contributed by atoms with Crippen molar-refractivity contribution in [3.8, 4) is 0 Å². The first-order valence-corrected chi connectivity index (χ1v) is 7.36. The molecule has 1 aliphatic heterocycles. The van der Waals surface area contributed by atoms with Gasteiger partial charge in [-0.25, -0.2) is 0 Å². The molecule has 106 valence electrons. The quantitative estimate of drug-likeness (QED) is 0.850. The van der Waals surface area contributed by atoms with E-state index in [0.29, 0.717) is 5.92 Å². The summed E-state index contributed by atoms with van der Waals surface area (Å²) in [4.78, 5) is 2.46. The van der Waals surface area contributed by atoms with E-state index in [-0.39, 0.29) is 6.23 Å². The molecule has 3 heteroatoms. The number of rotatable bonds is 6. The normalized spacial score (nSPS) is 18.7. The number of hydrogen-bond donors (Lipinski definition) is 1. The Morgan fingerprint density at radius 2 is 1.84 bits per heavy atom. The Morgan fingerprint density at radius 1 is 1.16 bits per heavy atom. The minimum absolute atomic E-state index is 0.215. The minimum atomic E-state index is 0.215. The van der Waals surface area contributed by atoms with E-state index in [1.54, 1.807) is 0 Å². The van der Waals surface area contributed by atoms with Gasteiger partial charge in [0.1, 0.15) is 6.23 Å². The topological polar surface area (TPSA) is 24.5 Å². The van der Waals surface area contributed by atoms with Gasteiger partial charge in [-0.1, -0.05) is 44.2 Å². The summed E-state index contributed by atoms with van der Waals surface area (Å²) in [6, 6.07) is 10.7. The fraction of sp³-hybridized carbons (Fsp3) is 0.625. The summed E-state index contributed by atoms with van der Waals surface area (Å²) in [5.74, 6) is 0.584. The van der Waals surface area contributed by atoms with E-state index in [4.69, 9.17) is 4.74 Å². The molecular formula is C16H26N2O. The third-order valence-electron chi connectivity index (χ3n) is 3.43. The van der Waals surface area contributed by atoms with E-state index in [2.05, 4.69) is 54.4 Å². The fourth-order valence-corrected chi connectivity index (χ4v) is 2.38. The zero-order chi connectivity index (χ0) is 13.5. The monoisotopic (exact) mass is 262 g/mol. The minimum Gasteiger partial charge on any atom is -0.363 e. The lowest BCUT2D eigenvalue weighted by atomic mass is 10.1. The van der Waals surface area contributed by atoms with Gasteiger partial charge in [0.15, 0.2) is 0 Å². The van der Waals surface area contributed by atoms with Crippen LogP contribution in [0.4, 0.5) is 0 Å². The lowest BCUT2D eigenvalue weighted by Crippen LogP contribution is -2.50. The van der Waals surface area contributed by atoms with Gasteiger partial charge in [-0.15, -0.1) is 0 Å². The smallest absolute Gasteiger partial charge is 0.114 e. The highest BCUT2D eigenvalue weighted by atomic mass is 16.5. The molecule has 2 rings (SSSR count). The van der Waals surface area contributed by atoms with E-state index in [1.165, 1.54) is 5.56 Å². The maximum atomic E-state index is 6.15. The Balaban J connectivity index is 1.96. The van der Waals surface area contributed by atoms with Gasteiger partial charge in [0.25, 0.3) is 0 Å². The molecule has 1 aromatic carbocycles. The van der Waals surface area contributed by atoms with Crippen LogP contribution < -0.4 is 5.32 Å². The van der Waals surface area contributed by atoms with Crippen molar-refractivity contribution >= 4 is 0 Å². The summed E-state index contributed by atoms with van der Waals surface area (Å²) in [5, 5.41) is 3.40. The van der Waals surface area contributed by atoms with Gasteiger partial charge in [0, 0.05) is 32.6 Å². The third-order valence-corrected chi connectivity index (χ3v) is 3.43. The summed E-state index contributed by atoms with van der Waals surface area (Å²) >= 11 is 0. The lowest BCUT2D eigenvalue weighted by molar-refractivity contribution is -0.0719. The number of nitrogens with one attached hydrogen (secondary N) is 1. The second-order valence-electron chi connectivity index (χ2n) is 5.66. The molecule has 1 unspecified atom stereocenters. The van der Waals surface area contributed by atoms with Crippen LogP contribution in [0.15, 0.2) is 30.3 Å². The summed E-state index contributed by atoms with van der Waals surface area (Å²) in [6.45, 7) is 9.54. The van der Waals surface area contributed by atoms with Crippen LogP contribution in [-0.4, -0.2) is 43.9 Å². The molecule has 19 heavy (non-hydrogen) atoms. The highest BCUT2D eigenvalue weighted by Crippen LogP contribution is 2.12. The predicted molar refractivity (Wildman–Crippen MR) is 79.2 cm³/mol. The molecule has 1 heterocycles. The van der Waals surface area contributed by atoms with Crippen LogP contribution in [0.5, 0.6) is 0 Å². The Labute approximate surface area is 116 Å². The molecule has 1 atom stereocenters. The van der Waals surface area contributed by atoms with Crippen LogP contribution in [0.3, 0.4) is 0 Å². The van der Waals surface area contributed by atoms with Crippen molar-refractivity contribution in [1.82, 2.24) is 10.2 Å². The second kappa shape index (κ2) is 7.63. The molecule has 0 aromatic heterocycles. The van der Waals surface area contributed by atoms with E-state index < -0.39 is 0 Å². The average molecular weight is 262 g/mol. The highest BCUT2D eigenvalue weighted by Gasteiger charge is 2.21. The van der Waals surface area contributed by atoms with Gasteiger partial charge < -0.3 is 10.1 Å². The first kappa shape index (κ1) is 14.5. The van der Waals surface area contributed by atoms with E-state index in [1.807, 2.05) is 0 Å². The number of ether oxygens (including phenoxy) is 1. The van der Waals surface area contributed by atoms with Gasteiger partial charge in [0.2, 0.25) is 0 Å². The molecule has 0 radical (unpaired) electrons. The molecule has 0 bridgehead atoms. The second-order valence-corrected chi connectivity index (χ2v) is 5.66. The molecule has 0 saturated carbocycles. The van der Waals surface area contributed by atoms with Gasteiger partial charge >= 0.3 is 0 Å². The summed E-state index contributed by atoms with van der Waals surface area (Å²) in [7, 11) is 0. The SMILES string of the molecule is CC(C)COC(Cc1ccccc1)N1CCNCC1. The van der Waals surface area contributed by atoms with Crippen LogP contribution in [0, 0.1) is 5.92 Å². The van der Waals surface area contributed by atoms with Crippen LogP contribution in [0.25, 0.3) is 0 Å². The zero-order valence-corrected chi connectivity index (χ0v) is 12.1. The summed E-state index contributed by atoms with van der Waals surface area (Å²) < 4.78 is 6.15. The molecule has 3 nitrogen and oxygen atoms in total. The van der Waals surface area contributed by atoms with Crippen LogP contribution in [-0.2, 0) is 11.2 Å². The Kier molecular flexibility index (Phi) is 5.83. The molecule has 1 fully saturated rings. The van der Waals surface area contributed by atoms with Crippen molar-refractivity contribution in [2.75, 3.05) is 32.8 Å². The summed E-state index contributed by atoms with van der Waals surface area (Å²) in [6.07, 6.45) is 1.19. The van der Waals surface area contributed by atoms with Crippen molar-refractivity contribution < 1.29 is 4.74 Å². The first-order chi connectivity index (χ1) is 9.25. The number of hydrogen-bond acceptors (Lipinski definition) is 3. The van der Waals surface area contributed by atoms with E-state index in [0.717, 1.165) is 39.2 Å². The maximum Gasteiger partial charge on any atom is 0.114 e. The van der Waals surface area contributed by atoms with Crippen molar-refractivity contribution in [3.63, 3.8) is 0 Å². The average Bonchev–Trinajstić information content (AvgIpc) is 2.45. The van der Waals surface area contributed by atoms with Crippen molar-refractivity contribution in [3.05, 3.63) is 35.9 Å². The van der Waals surface area contributed by atoms with Gasteiger partial charge in [0.05, 0.1) is 6.61 Å². The van der Waals surface area contributed by atoms with Crippen LogP contribution >= 0.6 is 0 Å². The van der Waals surface area contributed by atoms with E-state index in [9.17, 15) is 0 Å². The molecule has 0 amide bonds. The Hall–Kier alpha value is -0.900. The largest absolute Gasteiger partial charge is 0.363 e. The highest BCUT2D eigenvalue weighted by molar-refractivity contribution is 5.15. The Morgan fingerprint density at radius 3 is 2.47 bits per heavy atom. The van der Waals surface area contributed by atoms with Crippen molar-refractivity contribution in [2.45, 2.75) is 26.5 Å². The third kappa shape index (κ3) is 4.94. The van der Waals surface area contributed by atoms with Gasteiger partial charge in [-0.3, -0.25) is 4.90 Å². The Bertz CT molecular complexity index is 347. The molecule has 0 spiro atoms. The molecule has 1 N–H and O–H groups in total. The first-order valence-electron chi connectivity index (χ1n) is 7.36. The van der Waals surface area contributed by atoms with E-state index >= 15 is 0 Å².